The molecule has 0 atom stereocenters. The zero-order valence-electron chi connectivity index (χ0n) is 15.6. The summed E-state index contributed by atoms with van der Waals surface area (Å²) in [5.74, 6) is -0.245. The molecule has 10 heteroatoms. The fourth-order valence-electron chi connectivity index (χ4n) is 2.83. The highest BCUT2D eigenvalue weighted by molar-refractivity contribution is 5.93. The predicted molar refractivity (Wildman–Crippen MR) is 103 cm³/mol. The second-order valence-corrected chi connectivity index (χ2v) is 6.13. The summed E-state index contributed by atoms with van der Waals surface area (Å²) >= 11 is 0. The Labute approximate surface area is 166 Å². The number of nitrogens with one attached hydrogen (secondary N) is 1. The number of fused-ring (bicyclic) bond motifs is 1. The molecule has 10 nitrogen and oxygen atoms in total. The van der Waals surface area contributed by atoms with Crippen LogP contribution in [0.4, 0.5) is 21.9 Å². The summed E-state index contributed by atoms with van der Waals surface area (Å²) in [6.07, 6.45) is -0.342. The van der Waals surface area contributed by atoms with E-state index in [-0.39, 0.29) is 18.0 Å². The van der Waals surface area contributed by atoms with Crippen LogP contribution >= 0.6 is 0 Å². The van der Waals surface area contributed by atoms with Gasteiger partial charge in [0, 0.05) is 18.7 Å². The lowest BCUT2D eigenvalue weighted by molar-refractivity contribution is -0.384. The Balaban J connectivity index is 1.45. The van der Waals surface area contributed by atoms with E-state index in [9.17, 15) is 19.7 Å². The average molecular weight is 401 g/mol. The Morgan fingerprint density at radius 1 is 1.21 bits per heavy atom. The van der Waals surface area contributed by atoms with Crippen molar-refractivity contribution in [2.75, 3.05) is 37.1 Å². The van der Waals surface area contributed by atoms with Gasteiger partial charge < -0.3 is 24.4 Å². The van der Waals surface area contributed by atoms with E-state index in [0.717, 1.165) is 11.4 Å². The maximum Gasteiger partial charge on any atom is 0.513 e. The fraction of sp³-hybridized carbons (Fsp3) is 0.263. The van der Waals surface area contributed by atoms with E-state index >= 15 is 0 Å². The third kappa shape index (κ3) is 4.92. The Kier molecular flexibility index (Phi) is 6.12. The fourth-order valence-corrected chi connectivity index (χ4v) is 2.83. The second kappa shape index (κ2) is 8.91. The maximum absolute atomic E-state index is 11.7. The van der Waals surface area contributed by atoms with Crippen LogP contribution in [0.15, 0.2) is 42.5 Å². The van der Waals surface area contributed by atoms with Gasteiger partial charge in [0.15, 0.2) is 0 Å². The third-order valence-electron chi connectivity index (χ3n) is 4.26. The first-order valence-corrected chi connectivity index (χ1v) is 8.78. The van der Waals surface area contributed by atoms with Crippen LogP contribution < -0.4 is 15.0 Å². The summed E-state index contributed by atoms with van der Waals surface area (Å²) in [6.45, 7) is 1.30. The lowest BCUT2D eigenvalue weighted by atomic mass is 10.1. The van der Waals surface area contributed by atoms with E-state index in [1.807, 2.05) is 11.0 Å². The van der Waals surface area contributed by atoms with Crippen molar-refractivity contribution >= 4 is 29.2 Å². The minimum Gasteiger partial charge on any atom is -0.465 e. The minimum absolute atomic E-state index is 0.0967. The Bertz CT molecular complexity index is 915. The number of esters is 1. The minimum atomic E-state index is -0.883. The largest absolute Gasteiger partial charge is 0.513 e. The molecule has 0 radical (unpaired) electrons. The molecule has 0 saturated heterocycles. The molecule has 3 rings (SSSR count). The summed E-state index contributed by atoms with van der Waals surface area (Å²) in [5, 5.41) is 13.8. The van der Waals surface area contributed by atoms with Crippen LogP contribution in [0.2, 0.25) is 0 Å². The zero-order valence-corrected chi connectivity index (χ0v) is 15.6. The van der Waals surface area contributed by atoms with Crippen molar-refractivity contribution in [3.8, 4) is 5.75 Å². The van der Waals surface area contributed by atoms with Gasteiger partial charge in [-0.3, -0.25) is 10.1 Å². The van der Waals surface area contributed by atoms with Gasteiger partial charge in [0.25, 0.3) is 5.69 Å². The van der Waals surface area contributed by atoms with Crippen LogP contribution in [0, 0.1) is 10.1 Å². The van der Waals surface area contributed by atoms with Crippen molar-refractivity contribution in [3.63, 3.8) is 0 Å². The van der Waals surface area contributed by atoms with Crippen molar-refractivity contribution < 1.29 is 28.7 Å². The topological polar surface area (TPSA) is 120 Å². The van der Waals surface area contributed by atoms with Gasteiger partial charge in [-0.05, 0) is 36.8 Å². The van der Waals surface area contributed by atoms with Crippen LogP contribution in [0.5, 0.6) is 5.75 Å². The molecule has 29 heavy (non-hydrogen) atoms. The van der Waals surface area contributed by atoms with Gasteiger partial charge in [-0.15, -0.1) is 0 Å². The molecule has 0 unspecified atom stereocenters. The standard InChI is InChI=1S/C19H19N3O7/c1-27-18(23)13-3-8-16-17(11-13)21(12-20-16)9-2-10-28-19(24)29-15-6-4-14(5-7-15)22(25)26/h3-8,11,20H,2,9-10,12H2,1H3. The number of nitro groups is 1. The summed E-state index contributed by atoms with van der Waals surface area (Å²) in [6, 6.07) is 10.4. The van der Waals surface area contributed by atoms with E-state index in [4.69, 9.17) is 14.2 Å². The number of carbonyl (C=O) groups excluding carboxylic acids is 2. The van der Waals surface area contributed by atoms with Crippen molar-refractivity contribution in [2.45, 2.75) is 6.42 Å². The molecule has 1 aliphatic rings. The molecule has 2 aromatic rings. The normalized spacial score (nSPS) is 12.0. The average Bonchev–Trinajstić information content (AvgIpc) is 3.13. The van der Waals surface area contributed by atoms with Crippen molar-refractivity contribution in [3.05, 3.63) is 58.1 Å². The second-order valence-electron chi connectivity index (χ2n) is 6.13. The molecule has 152 valence electrons. The van der Waals surface area contributed by atoms with Crippen molar-refractivity contribution in [2.24, 2.45) is 0 Å². The quantitative estimate of drug-likeness (QED) is 0.245. The number of carbonyl (C=O) groups is 2. The Morgan fingerprint density at radius 2 is 1.97 bits per heavy atom. The summed E-state index contributed by atoms with van der Waals surface area (Å²) in [7, 11) is 1.33. The number of methoxy groups -OCH3 is 1. The van der Waals surface area contributed by atoms with Crippen LogP contribution in [0.1, 0.15) is 16.8 Å². The van der Waals surface area contributed by atoms with E-state index in [1.165, 1.54) is 31.4 Å². The molecule has 0 fully saturated rings. The summed E-state index contributed by atoms with van der Waals surface area (Å²) < 4.78 is 14.7. The van der Waals surface area contributed by atoms with Crippen LogP contribution in [-0.2, 0) is 9.47 Å². The van der Waals surface area contributed by atoms with Gasteiger partial charge in [-0.2, -0.15) is 0 Å². The SMILES string of the molecule is COC(=O)c1ccc2c(c1)N(CCCOC(=O)Oc1ccc([N+](=O)[O-])cc1)CN2. The van der Waals surface area contributed by atoms with Crippen LogP contribution in [0.25, 0.3) is 0 Å². The lowest BCUT2D eigenvalue weighted by Gasteiger charge is -2.18. The number of ether oxygens (including phenoxy) is 3. The number of non-ortho nitro benzene ring substituents is 1. The van der Waals surface area contributed by atoms with Crippen molar-refractivity contribution in [1.82, 2.24) is 0 Å². The Morgan fingerprint density at radius 3 is 2.66 bits per heavy atom. The van der Waals surface area contributed by atoms with E-state index in [0.29, 0.717) is 25.2 Å². The highest BCUT2D eigenvalue weighted by Gasteiger charge is 2.20. The first kappa shape index (κ1) is 19.9. The smallest absolute Gasteiger partial charge is 0.465 e. The van der Waals surface area contributed by atoms with E-state index in [2.05, 4.69) is 5.32 Å². The number of hydrogen-bond donors (Lipinski definition) is 1. The van der Waals surface area contributed by atoms with E-state index < -0.39 is 17.0 Å². The van der Waals surface area contributed by atoms with Gasteiger partial charge in [0.05, 0.1) is 42.2 Å². The summed E-state index contributed by atoms with van der Waals surface area (Å²) in [4.78, 5) is 35.5. The van der Waals surface area contributed by atoms with E-state index in [1.54, 1.807) is 12.1 Å². The number of hydrogen-bond acceptors (Lipinski definition) is 9. The Hall–Kier alpha value is -3.82. The molecule has 1 N–H and O–H groups in total. The molecular weight excluding hydrogens is 382 g/mol. The lowest BCUT2D eigenvalue weighted by Crippen LogP contribution is -2.25. The monoisotopic (exact) mass is 401 g/mol. The highest BCUT2D eigenvalue weighted by atomic mass is 16.7. The number of nitro benzene ring substituents is 1. The number of anilines is 2. The van der Waals surface area contributed by atoms with Gasteiger partial charge in [0.2, 0.25) is 0 Å². The molecule has 1 aliphatic heterocycles. The molecule has 2 aromatic carbocycles. The number of benzene rings is 2. The molecule has 0 spiro atoms. The first-order valence-electron chi connectivity index (χ1n) is 8.78. The van der Waals surface area contributed by atoms with Gasteiger partial charge in [0.1, 0.15) is 5.75 Å². The third-order valence-corrected chi connectivity index (χ3v) is 4.26. The van der Waals surface area contributed by atoms with Gasteiger partial charge in [-0.25, -0.2) is 9.59 Å². The van der Waals surface area contributed by atoms with Gasteiger partial charge >= 0.3 is 12.1 Å². The molecule has 0 saturated carbocycles. The molecule has 0 aromatic heterocycles. The highest BCUT2D eigenvalue weighted by Crippen LogP contribution is 2.32. The molecular formula is C19H19N3O7. The molecule has 1 heterocycles. The number of rotatable bonds is 7. The zero-order chi connectivity index (χ0) is 20.8. The molecule has 0 aliphatic carbocycles. The van der Waals surface area contributed by atoms with Gasteiger partial charge in [-0.1, -0.05) is 0 Å². The molecule has 0 amide bonds. The van der Waals surface area contributed by atoms with Crippen LogP contribution in [0.3, 0.4) is 0 Å². The molecule has 0 bridgehead atoms. The van der Waals surface area contributed by atoms with Crippen molar-refractivity contribution in [1.29, 1.82) is 0 Å². The number of nitrogens with zero attached hydrogens (tertiary/aromatic N) is 2. The predicted octanol–water partition coefficient (Wildman–Crippen LogP) is 3.18. The van der Waals surface area contributed by atoms with Crippen LogP contribution in [-0.4, -0.2) is 44.0 Å². The first-order chi connectivity index (χ1) is 14.0. The maximum atomic E-state index is 11.7. The summed E-state index contributed by atoms with van der Waals surface area (Å²) in [5.41, 5.74) is 2.15.